The number of halogens is 1. The smallest absolute Gasteiger partial charge is 0.328 e. The largest absolute Gasteiger partial charge is 0.480 e. The number of carboxylic acids is 1. The highest BCUT2D eigenvalue weighted by Crippen LogP contribution is 2.34. The number of aryl methyl sites for hydroxylation is 1. The Hall–Kier alpha value is -4.03. The van der Waals surface area contributed by atoms with Crippen molar-refractivity contribution in [1.82, 2.24) is 15.2 Å². The van der Waals surface area contributed by atoms with Crippen LogP contribution < -0.4 is 10.6 Å². The number of anilines is 1. The lowest BCUT2D eigenvalue weighted by Crippen LogP contribution is -2.50. The summed E-state index contributed by atoms with van der Waals surface area (Å²) in [6.07, 6.45) is 0.457. The first kappa shape index (κ1) is 26.0. The zero-order chi connectivity index (χ0) is 26.9. The topological polar surface area (TPSA) is 150 Å². The van der Waals surface area contributed by atoms with Crippen LogP contribution in [0, 0.1) is 19.7 Å². The molecule has 1 saturated heterocycles. The molecule has 2 aliphatic rings. The van der Waals surface area contributed by atoms with Crippen LogP contribution in [-0.2, 0) is 23.9 Å². The summed E-state index contributed by atoms with van der Waals surface area (Å²) in [7, 11) is 0. The van der Waals surface area contributed by atoms with Crippen molar-refractivity contribution < 1.29 is 38.1 Å². The molecule has 11 nitrogen and oxygen atoms in total. The van der Waals surface area contributed by atoms with Gasteiger partial charge in [0.25, 0.3) is 17.7 Å². The highest BCUT2D eigenvalue weighted by Gasteiger charge is 2.38. The molecule has 0 radical (unpaired) electrons. The third kappa shape index (κ3) is 5.11. The molecule has 2 aromatic rings. The van der Waals surface area contributed by atoms with Gasteiger partial charge in [-0.15, -0.1) is 0 Å². The number of fused-ring (bicyclic) bond motifs is 1. The molecule has 3 heterocycles. The van der Waals surface area contributed by atoms with E-state index >= 15 is 0 Å². The van der Waals surface area contributed by atoms with Crippen LogP contribution in [0.4, 0.5) is 10.1 Å². The van der Waals surface area contributed by atoms with Gasteiger partial charge in [0.2, 0.25) is 0 Å². The molecule has 0 aliphatic carbocycles. The molecule has 0 bridgehead atoms. The number of rotatable bonds is 8. The SMILES string of the molecule is CCOC(CNC(=O)c1c(C)[nH]c(/C=C2\C(=O)Nc3ccc(F)cc32)c1C)C(=O)N1COCC1C(=O)O. The lowest BCUT2D eigenvalue weighted by Gasteiger charge is -2.25. The summed E-state index contributed by atoms with van der Waals surface area (Å²) in [5, 5.41) is 14.7. The molecule has 1 aromatic heterocycles. The van der Waals surface area contributed by atoms with E-state index in [0.717, 1.165) is 4.90 Å². The maximum Gasteiger partial charge on any atom is 0.328 e. The molecule has 2 unspecified atom stereocenters. The van der Waals surface area contributed by atoms with Crippen LogP contribution in [0.15, 0.2) is 18.2 Å². The van der Waals surface area contributed by atoms with Gasteiger partial charge in [-0.2, -0.15) is 0 Å². The molecule has 12 heteroatoms. The Bertz CT molecular complexity index is 1300. The molecular weight excluding hydrogens is 487 g/mol. The number of carbonyl (C=O) groups is 4. The fraction of sp³-hybridized carbons (Fsp3) is 0.360. The van der Waals surface area contributed by atoms with Crippen LogP contribution >= 0.6 is 0 Å². The molecule has 0 spiro atoms. The van der Waals surface area contributed by atoms with Gasteiger partial charge in [0.05, 0.1) is 24.3 Å². The van der Waals surface area contributed by atoms with Gasteiger partial charge in [-0.3, -0.25) is 14.4 Å². The number of aromatic amines is 1. The van der Waals surface area contributed by atoms with Gasteiger partial charge in [-0.1, -0.05) is 0 Å². The molecule has 4 N–H and O–H groups in total. The number of amides is 3. The number of carbonyl (C=O) groups excluding carboxylic acids is 3. The first-order valence-corrected chi connectivity index (χ1v) is 11.6. The second-order valence-corrected chi connectivity index (χ2v) is 8.68. The van der Waals surface area contributed by atoms with Crippen molar-refractivity contribution in [3.63, 3.8) is 0 Å². The summed E-state index contributed by atoms with van der Waals surface area (Å²) in [4.78, 5) is 54.0. The number of aromatic nitrogens is 1. The standard InChI is InChI=1S/C25H27FN4O7/c1-4-37-20(24(33)30-11-36-10-19(30)25(34)35)9-27-23(32)21-12(2)18(28-13(21)3)8-16-15-7-14(26)5-6-17(15)29-22(16)31/h5-8,19-20,28H,4,9-11H2,1-3H3,(H,27,32)(H,29,31)(H,34,35)/b16-8-. The Morgan fingerprint density at radius 3 is 2.81 bits per heavy atom. The Kier molecular flexibility index (Phi) is 7.41. The molecule has 2 atom stereocenters. The van der Waals surface area contributed by atoms with Crippen molar-refractivity contribution in [3.8, 4) is 0 Å². The summed E-state index contributed by atoms with van der Waals surface area (Å²) in [5.41, 5.74) is 3.08. The minimum Gasteiger partial charge on any atom is -0.480 e. The van der Waals surface area contributed by atoms with Gasteiger partial charge >= 0.3 is 5.97 Å². The van der Waals surface area contributed by atoms with Crippen LogP contribution in [-0.4, -0.2) is 77.3 Å². The summed E-state index contributed by atoms with van der Waals surface area (Å²) in [6, 6.07) is 2.89. The van der Waals surface area contributed by atoms with Crippen LogP contribution in [0.5, 0.6) is 0 Å². The van der Waals surface area contributed by atoms with Gasteiger partial charge < -0.3 is 35.1 Å². The molecule has 3 amide bonds. The summed E-state index contributed by atoms with van der Waals surface area (Å²) < 4.78 is 24.4. The van der Waals surface area contributed by atoms with E-state index in [1.807, 2.05) is 0 Å². The predicted octanol–water partition coefficient (Wildman–Crippen LogP) is 1.67. The molecule has 2 aliphatic heterocycles. The molecule has 0 saturated carbocycles. The number of nitrogens with one attached hydrogen (secondary N) is 3. The van der Waals surface area contributed by atoms with Crippen molar-refractivity contribution in [3.05, 3.63) is 52.1 Å². The van der Waals surface area contributed by atoms with Crippen LogP contribution in [0.3, 0.4) is 0 Å². The molecule has 1 aromatic carbocycles. The number of hydrogen-bond donors (Lipinski definition) is 4. The number of carboxylic acid groups (broad SMARTS) is 1. The van der Waals surface area contributed by atoms with E-state index in [-0.39, 0.29) is 38.0 Å². The number of H-pyrrole nitrogens is 1. The van der Waals surface area contributed by atoms with E-state index in [1.165, 1.54) is 18.2 Å². The van der Waals surface area contributed by atoms with E-state index in [0.29, 0.717) is 33.8 Å². The Morgan fingerprint density at radius 2 is 2.11 bits per heavy atom. The minimum absolute atomic E-state index is 0.124. The number of ether oxygens (including phenoxy) is 2. The van der Waals surface area contributed by atoms with Crippen LogP contribution in [0.1, 0.15) is 39.8 Å². The quantitative estimate of drug-likeness (QED) is 0.391. The Balaban J connectivity index is 1.52. The van der Waals surface area contributed by atoms with Gasteiger partial charge in [0, 0.05) is 29.2 Å². The predicted molar refractivity (Wildman–Crippen MR) is 130 cm³/mol. The van der Waals surface area contributed by atoms with E-state index in [4.69, 9.17) is 9.47 Å². The van der Waals surface area contributed by atoms with E-state index in [9.17, 15) is 28.7 Å². The maximum atomic E-state index is 13.8. The van der Waals surface area contributed by atoms with Crippen LogP contribution in [0.25, 0.3) is 11.6 Å². The average Bonchev–Trinajstić information content (AvgIpc) is 3.53. The fourth-order valence-corrected chi connectivity index (χ4v) is 4.45. The Labute approximate surface area is 211 Å². The van der Waals surface area contributed by atoms with E-state index < -0.39 is 35.7 Å². The molecule has 37 heavy (non-hydrogen) atoms. The zero-order valence-corrected chi connectivity index (χ0v) is 20.5. The maximum absolute atomic E-state index is 13.8. The van der Waals surface area contributed by atoms with Crippen LogP contribution in [0.2, 0.25) is 0 Å². The zero-order valence-electron chi connectivity index (χ0n) is 20.5. The Morgan fingerprint density at radius 1 is 1.35 bits per heavy atom. The molecular formula is C25H27FN4O7. The minimum atomic E-state index is -1.19. The second kappa shape index (κ2) is 10.5. The number of benzene rings is 1. The number of aliphatic carboxylic acids is 1. The second-order valence-electron chi connectivity index (χ2n) is 8.68. The van der Waals surface area contributed by atoms with Gasteiger partial charge in [0.1, 0.15) is 12.5 Å². The van der Waals surface area contributed by atoms with Crippen molar-refractivity contribution in [2.24, 2.45) is 0 Å². The fourth-order valence-electron chi connectivity index (χ4n) is 4.45. The number of nitrogens with zero attached hydrogens (tertiary/aromatic N) is 1. The first-order chi connectivity index (χ1) is 17.6. The lowest BCUT2D eigenvalue weighted by atomic mass is 10.0. The molecule has 1 fully saturated rings. The van der Waals surface area contributed by atoms with Gasteiger partial charge in [-0.05, 0) is 50.6 Å². The van der Waals surface area contributed by atoms with Crippen molar-refractivity contribution in [1.29, 1.82) is 0 Å². The highest BCUT2D eigenvalue weighted by molar-refractivity contribution is 6.34. The van der Waals surface area contributed by atoms with Gasteiger partial charge in [-0.25, -0.2) is 9.18 Å². The average molecular weight is 515 g/mol. The van der Waals surface area contributed by atoms with Crippen molar-refractivity contribution in [2.45, 2.75) is 32.9 Å². The summed E-state index contributed by atoms with van der Waals surface area (Å²) in [5.74, 6) is -3.14. The monoisotopic (exact) mass is 514 g/mol. The van der Waals surface area contributed by atoms with Gasteiger partial charge in [0.15, 0.2) is 12.1 Å². The van der Waals surface area contributed by atoms with Crippen molar-refractivity contribution >= 4 is 41.0 Å². The first-order valence-electron chi connectivity index (χ1n) is 11.6. The third-order valence-electron chi connectivity index (χ3n) is 6.30. The lowest BCUT2D eigenvalue weighted by molar-refractivity contribution is -0.153. The summed E-state index contributed by atoms with van der Waals surface area (Å²) in [6.45, 7) is 4.75. The third-order valence-corrected chi connectivity index (χ3v) is 6.30. The van der Waals surface area contributed by atoms with E-state index in [1.54, 1.807) is 26.8 Å². The highest BCUT2D eigenvalue weighted by atomic mass is 19.1. The molecule has 4 rings (SSSR count). The van der Waals surface area contributed by atoms with E-state index in [2.05, 4.69) is 15.6 Å². The van der Waals surface area contributed by atoms with Crippen molar-refractivity contribution in [2.75, 3.05) is 31.8 Å². The normalized spacial score (nSPS) is 18.6. The number of hydrogen-bond acceptors (Lipinski definition) is 6. The summed E-state index contributed by atoms with van der Waals surface area (Å²) >= 11 is 0. The molecule has 196 valence electrons.